The van der Waals surface area contributed by atoms with Gasteiger partial charge in [-0.2, -0.15) is 5.10 Å². The fraction of sp³-hybridized carbons (Fsp3) is 0.571. The lowest BCUT2D eigenvalue weighted by atomic mass is 10.3. The van der Waals surface area contributed by atoms with Crippen LogP contribution in [0, 0.1) is 0 Å². The average molecular weight is 210 g/mol. The molecule has 1 aliphatic carbocycles. The highest BCUT2D eigenvalue weighted by atomic mass is 35.5. The smallest absolute Gasteiger partial charge is 0.0492 e. The summed E-state index contributed by atoms with van der Waals surface area (Å²) in [5.74, 6) is 0.576. The van der Waals surface area contributed by atoms with Crippen LogP contribution in [0.5, 0.6) is 0 Å². The van der Waals surface area contributed by atoms with E-state index in [9.17, 15) is 0 Å². The Bertz CT molecular complexity index is 249. The van der Waals surface area contributed by atoms with Gasteiger partial charge in [0.05, 0.1) is 0 Å². The van der Waals surface area contributed by atoms with Gasteiger partial charge in [-0.15, -0.1) is 24.8 Å². The van der Waals surface area contributed by atoms with E-state index in [1.807, 2.05) is 24.0 Å². The first-order chi connectivity index (χ1) is 4.79. The molecule has 1 fully saturated rings. The molecule has 0 amide bonds. The maximum Gasteiger partial charge on any atom is 0.0492 e. The highest BCUT2D eigenvalue weighted by Gasteiger charge is 2.36. The number of aromatic nitrogens is 2. The predicted molar refractivity (Wildman–Crippen MR) is 53.0 cm³/mol. The minimum absolute atomic E-state index is 0. The van der Waals surface area contributed by atoms with E-state index in [-0.39, 0.29) is 24.8 Å². The average Bonchev–Trinajstić information content (AvgIpc) is 2.42. The van der Waals surface area contributed by atoms with E-state index >= 15 is 0 Å². The molecule has 1 aromatic rings. The van der Waals surface area contributed by atoms with E-state index in [4.69, 9.17) is 5.73 Å². The Kier molecular flexibility index (Phi) is 4.03. The Morgan fingerprint density at radius 1 is 1.58 bits per heavy atom. The zero-order valence-corrected chi connectivity index (χ0v) is 8.44. The van der Waals surface area contributed by atoms with E-state index in [2.05, 4.69) is 5.10 Å². The fourth-order valence-electron chi connectivity index (χ4n) is 1.30. The van der Waals surface area contributed by atoms with Crippen molar-refractivity contribution in [1.29, 1.82) is 0 Å². The summed E-state index contributed by atoms with van der Waals surface area (Å²) in [7, 11) is 1.96. The van der Waals surface area contributed by atoms with Crippen LogP contribution in [0.1, 0.15) is 18.0 Å². The van der Waals surface area contributed by atoms with Gasteiger partial charge in [0.25, 0.3) is 0 Å². The summed E-state index contributed by atoms with van der Waals surface area (Å²) >= 11 is 0. The molecule has 0 aliphatic heterocycles. The second-order valence-corrected chi connectivity index (χ2v) is 2.89. The lowest BCUT2D eigenvalue weighted by Gasteiger charge is -1.96. The normalized spacial score (nSPS) is 25.5. The van der Waals surface area contributed by atoms with Crippen LogP contribution in [-0.2, 0) is 7.05 Å². The van der Waals surface area contributed by atoms with Crippen LogP contribution in [0.2, 0.25) is 0 Å². The molecular formula is C7H13Cl2N3. The summed E-state index contributed by atoms with van der Waals surface area (Å²) in [4.78, 5) is 0. The largest absolute Gasteiger partial charge is 0.327 e. The van der Waals surface area contributed by atoms with Gasteiger partial charge in [-0.3, -0.25) is 4.68 Å². The van der Waals surface area contributed by atoms with Crippen molar-refractivity contribution in [2.24, 2.45) is 12.8 Å². The zero-order valence-electron chi connectivity index (χ0n) is 6.80. The van der Waals surface area contributed by atoms with Gasteiger partial charge in [-0.05, 0) is 12.5 Å². The SMILES string of the molecule is Cl.Cl.Cn1nccc1C1CC1N. The number of nitrogens with zero attached hydrogens (tertiary/aromatic N) is 2. The van der Waals surface area contributed by atoms with Gasteiger partial charge in [-0.1, -0.05) is 0 Å². The van der Waals surface area contributed by atoms with Crippen molar-refractivity contribution >= 4 is 24.8 Å². The second kappa shape index (κ2) is 4.12. The minimum Gasteiger partial charge on any atom is -0.327 e. The van der Waals surface area contributed by atoms with Crippen LogP contribution in [0.4, 0.5) is 0 Å². The Morgan fingerprint density at radius 2 is 2.17 bits per heavy atom. The van der Waals surface area contributed by atoms with Gasteiger partial charge < -0.3 is 5.73 Å². The first-order valence-corrected chi connectivity index (χ1v) is 3.52. The van der Waals surface area contributed by atoms with Crippen LogP contribution < -0.4 is 5.73 Å². The first-order valence-electron chi connectivity index (χ1n) is 3.52. The van der Waals surface area contributed by atoms with Gasteiger partial charge in [0.2, 0.25) is 0 Å². The number of hydrogen-bond donors (Lipinski definition) is 1. The highest BCUT2D eigenvalue weighted by molar-refractivity contribution is 5.85. The Balaban J connectivity index is 0.000000605. The van der Waals surface area contributed by atoms with Gasteiger partial charge >= 0.3 is 0 Å². The van der Waals surface area contributed by atoms with Crippen LogP contribution in [0.3, 0.4) is 0 Å². The molecule has 2 atom stereocenters. The minimum atomic E-state index is 0. The molecule has 0 saturated heterocycles. The summed E-state index contributed by atoms with van der Waals surface area (Å²) < 4.78 is 1.90. The molecule has 0 radical (unpaired) electrons. The monoisotopic (exact) mass is 209 g/mol. The molecule has 1 heterocycles. The van der Waals surface area contributed by atoms with Crippen molar-refractivity contribution in [3.8, 4) is 0 Å². The van der Waals surface area contributed by atoms with E-state index in [1.165, 1.54) is 5.69 Å². The predicted octanol–water partition coefficient (Wildman–Crippen LogP) is 1.08. The second-order valence-electron chi connectivity index (χ2n) is 2.89. The summed E-state index contributed by atoms with van der Waals surface area (Å²) in [5.41, 5.74) is 6.96. The van der Waals surface area contributed by atoms with Crippen molar-refractivity contribution in [2.45, 2.75) is 18.4 Å². The summed E-state index contributed by atoms with van der Waals surface area (Å²) in [6.07, 6.45) is 2.94. The lowest BCUT2D eigenvalue weighted by Crippen LogP contribution is -2.04. The van der Waals surface area contributed by atoms with Gasteiger partial charge in [0.1, 0.15) is 0 Å². The third kappa shape index (κ3) is 1.91. The number of aryl methyl sites for hydroxylation is 1. The van der Waals surface area contributed by atoms with Gasteiger partial charge in [-0.25, -0.2) is 0 Å². The third-order valence-corrected chi connectivity index (χ3v) is 2.08. The fourth-order valence-corrected chi connectivity index (χ4v) is 1.30. The summed E-state index contributed by atoms with van der Waals surface area (Å²) in [6, 6.07) is 2.42. The molecule has 12 heavy (non-hydrogen) atoms. The molecule has 2 unspecified atom stereocenters. The van der Waals surface area contributed by atoms with Crippen molar-refractivity contribution in [2.75, 3.05) is 0 Å². The van der Waals surface area contributed by atoms with Crippen molar-refractivity contribution < 1.29 is 0 Å². The van der Waals surface area contributed by atoms with E-state index in [0.717, 1.165) is 6.42 Å². The van der Waals surface area contributed by atoms with Crippen molar-refractivity contribution in [3.05, 3.63) is 18.0 Å². The van der Waals surface area contributed by atoms with Crippen LogP contribution in [0.25, 0.3) is 0 Å². The lowest BCUT2D eigenvalue weighted by molar-refractivity contribution is 0.707. The van der Waals surface area contributed by atoms with Crippen molar-refractivity contribution in [3.63, 3.8) is 0 Å². The zero-order chi connectivity index (χ0) is 7.14. The maximum absolute atomic E-state index is 5.69. The Labute approximate surface area is 84.1 Å². The van der Waals surface area contributed by atoms with Gasteiger partial charge in [0, 0.05) is 30.9 Å². The molecule has 0 aromatic carbocycles. The molecule has 1 aliphatic rings. The number of hydrogen-bond acceptors (Lipinski definition) is 2. The maximum atomic E-state index is 5.69. The molecule has 2 N–H and O–H groups in total. The van der Waals surface area contributed by atoms with E-state index in [0.29, 0.717) is 12.0 Å². The molecule has 3 nitrogen and oxygen atoms in total. The molecule has 5 heteroatoms. The topological polar surface area (TPSA) is 43.8 Å². The van der Waals surface area contributed by atoms with Crippen LogP contribution in [0.15, 0.2) is 12.3 Å². The Morgan fingerprint density at radius 3 is 2.50 bits per heavy atom. The van der Waals surface area contributed by atoms with Crippen LogP contribution >= 0.6 is 24.8 Å². The molecular weight excluding hydrogens is 197 g/mol. The van der Waals surface area contributed by atoms with Crippen LogP contribution in [-0.4, -0.2) is 15.8 Å². The first kappa shape index (κ1) is 11.8. The third-order valence-electron chi connectivity index (χ3n) is 2.08. The molecule has 0 spiro atoms. The quantitative estimate of drug-likeness (QED) is 0.753. The standard InChI is InChI=1S/C7H11N3.2ClH/c1-10-7(2-3-9-10)5-4-6(5)8;;/h2-3,5-6H,4,8H2,1H3;2*1H. The summed E-state index contributed by atoms with van der Waals surface area (Å²) in [6.45, 7) is 0. The number of rotatable bonds is 1. The van der Waals surface area contributed by atoms with Crippen molar-refractivity contribution in [1.82, 2.24) is 9.78 Å². The molecule has 1 saturated carbocycles. The van der Waals surface area contributed by atoms with E-state index < -0.39 is 0 Å². The molecule has 70 valence electrons. The number of nitrogens with two attached hydrogens (primary N) is 1. The summed E-state index contributed by atoms with van der Waals surface area (Å²) in [5, 5.41) is 4.07. The number of halogens is 2. The van der Waals surface area contributed by atoms with E-state index in [1.54, 1.807) is 0 Å². The molecule has 1 aromatic heterocycles. The Hall–Kier alpha value is -0.250. The van der Waals surface area contributed by atoms with Gasteiger partial charge in [0.15, 0.2) is 0 Å². The molecule has 2 rings (SSSR count). The highest BCUT2D eigenvalue weighted by Crippen LogP contribution is 2.38. The molecule has 0 bridgehead atoms.